The van der Waals surface area contributed by atoms with E-state index in [-0.39, 0.29) is 0 Å². The predicted molar refractivity (Wildman–Crippen MR) is 192 cm³/mol. The van der Waals surface area contributed by atoms with Crippen LogP contribution in [0.5, 0.6) is 51.7 Å². The number of benzene rings is 4. The maximum Gasteiger partial charge on any atom is 0.203 e. The van der Waals surface area contributed by atoms with E-state index in [9.17, 15) is 0 Å². The molecule has 0 N–H and O–H groups in total. The lowest BCUT2D eigenvalue weighted by Gasteiger charge is -2.13. The highest BCUT2D eigenvalue weighted by Crippen LogP contribution is 2.41. The molecule has 0 aromatic heterocycles. The molecule has 0 heterocycles. The van der Waals surface area contributed by atoms with E-state index >= 15 is 0 Å². The van der Waals surface area contributed by atoms with Gasteiger partial charge in [0.15, 0.2) is 34.5 Å². The summed E-state index contributed by atoms with van der Waals surface area (Å²) in [4.78, 5) is 0. The van der Waals surface area contributed by atoms with Crippen LogP contribution in [0.2, 0.25) is 0 Å². The molecule has 0 radical (unpaired) electrons. The molecule has 0 atom stereocenters. The normalized spacial score (nSPS) is 11.2. The van der Waals surface area contributed by atoms with Crippen molar-refractivity contribution >= 4 is 36.5 Å². The summed E-state index contributed by atoms with van der Waals surface area (Å²) in [6.45, 7) is 0. The lowest BCUT2D eigenvalue weighted by atomic mass is 10.0. The van der Waals surface area contributed by atoms with Gasteiger partial charge < -0.3 is 42.6 Å². The van der Waals surface area contributed by atoms with Crippen molar-refractivity contribution in [1.29, 1.82) is 0 Å². The summed E-state index contributed by atoms with van der Waals surface area (Å²) in [5.74, 6) is 5.07. The van der Waals surface area contributed by atoms with E-state index in [0.29, 0.717) is 51.7 Å². The van der Waals surface area contributed by atoms with Gasteiger partial charge in [-0.3, -0.25) is 0 Å². The molecule has 4 aromatic carbocycles. The predicted octanol–water partition coefficient (Wildman–Crippen LogP) is 8.28. The Labute approximate surface area is 282 Å². The first-order valence-electron chi connectivity index (χ1n) is 14.9. The minimum atomic E-state index is 0.537. The SMILES string of the molecule is COc1cc(C=Cc2cc(C=Cc3cc(OC)c(OC)c(OC)c3)cc(C=Cc3cc(OC)c(OC)c(OC)c3)c2)cc(OC)c1OC. The van der Waals surface area contributed by atoms with Crippen LogP contribution in [0.15, 0.2) is 54.6 Å². The third-order valence-electron chi connectivity index (χ3n) is 7.47. The average molecular weight is 655 g/mol. The molecular weight excluding hydrogens is 612 g/mol. The number of methoxy groups -OCH3 is 9. The van der Waals surface area contributed by atoms with Gasteiger partial charge in [0, 0.05) is 0 Å². The Balaban J connectivity index is 1.78. The van der Waals surface area contributed by atoms with Crippen molar-refractivity contribution in [3.8, 4) is 51.7 Å². The molecule has 0 bridgehead atoms. The van der Waals surface area contributed by atoms with Gasteiger partial charge in [-0.2, -0.15) is 0 Å². The Morgan fingerprint density at radius 1 is 0.250 bits per heavy atom. The maximum absolute atomic E-state index is 5.54. The van der Waals surface area contributed by atoms with Crippen molar-refractivity contribution in [2.24, 2.45) is 0 Å². The minimum absolute atomic E-state index is 0.537. The second-order valence-electron chi connectivity index (χ2n) is 10.3. The second-order valence-corrected chi connectivity index (χ2v) is 10.3. The van der Waals surface area contributed by atoms with E-state index in [1.807, 2.05) is 72.9 Å². The van der Waals surface area contributed by atoms with Crippen molar-refractivity contribution < 1.29 is 42.6 Å². The van der Waals surface area contributed by atoms with E-state index in [0.717, 1.165) is 33.4 Å². The Morgan fingerprint density at radius 3 is 0.562 bits per heavy atom. The van der Waals surface area contributed by atoms with Crippen molar-refractivity contribution in [3.05, 3.63) is 88.0 Å². The molecule has 4 aromatic rings. The van der Waals surface area contributed by atoms with Crippen LogP contribution in [0, 0.1) is 0 Å². The molecule has 0 aliphatic heterocycles. The number of ether oxygens (including phenoxy) is 9. The Morgan fingerprint density at radius 2 is 0.417 bits per heavy atom. The van der Waals surface area contributed by atoms with Gasteiger partial charge in [0.25, 0.3) is 0 Å². The summed E-state index contributed by atoms with van der Waals surface area (Å²) in [6.07, 6.45) is 12.1. The van der Waals surface area contributed by atoms with Gasteiger partial charge in [0.1, 0.15) is 0 Å². The Hall–Kier alpha value is -5.70. The molecule has 0 saturated heterocycles. The van der Waals surface area contributed by atoms with E-state index in [2.05, 4.69) is 18.2 Å². The first-order chi connectivity index (χ1) is 23.3. The zero-order valence-electron chi connectivity index (χ0n) is 28.8. The summed E-state index contributed by atoms with van der Waals surface area (Å²) in [7, 11) is 14.3. The van der Waals surface area contributed by atoms with E-state index in [1.165, 1.54) is 0 Å². The van der Waals surface area contributed by atoms with E-state index in [1.54, 1.807) is 64.0 Å². The van der Waals surface area contributed by atoms with Gasteiger partial charge in [0.05, 0.1) is 64.0 Å². The zero-order valence-corrected chi connectivity index (χ0v) is 28.8. The highest BCUT2D eigenvalue weighted by molar-refractivity contribution is 5.80. The van der Waals surface area contributed by atoms with Gasteiger partial charge in [-0.15, -0.1) is 0 Å². The first kappa shape index (κ1) is 35.2. The standard InChI is InChI=1S/C39H42O9/c1-40-31-19-28(20-32(41-2)37(31)46-7)13-10-25-16-26(11-14-29-21-33(42-3)38(47-8)34(22-29)43-4)18-27(17-25)12-15-30-23-35(44-5)39(48-9)36(24-30)45-6/h10-24H,1-9H3. The zero-order chi connectivity index (χ0) is 34.6. The summed E-state index contributed by atoms with van der Waals surface area (Å²) < 4.78 is 49.7. The van der Waals surface area contributed by atoms with Crippen LogP contribution in [-0.2, 0) is 0 Å². The molecule has 0 spiro atoms. The van der Waals surface area contributed by atoms with Gasteiger partial charge >= 0.3 is 0 Å². The molecule has 0 fully saturated rings. The van der Waals surface area contributed by atoms with Crippen LogP contribution in [0.3, 0.4) is 0 Å². The largest absolute Gasteiger partial charge is 0.493 e. The fourth-order valence-electron chi connectivity index (χ4n) is 5.16. The molecule has 0 amide bonds. The van der Waals surface area contributed by atoms with Crippen LogP contribution in [0.1, 0.15) is 33.4 Å². The number of hydrogen-bond donors (Lipinski definition) is 0. The molecular formula is C39H42O9. The molecule has 48 heavy (non-hydrogen) atoms. The highest BCUT2D eigenvalue weighted by atomic mass is 16.5. The van der Waals surface area contributed by atoms with E-state index in [4.69, 9.17) is 42.6 Å². The molecule has 0 unspecified atom stereocenters. The van der Waals surface area contributed by atoms with Crippen molar-refractivity contribution in [2.45, 2.75) is 0 Å². The lowest BCUT2D eigenvalue weighted by Crippen LogP contribution is -1.95. The molecule has 9 nitrogen and oxygen atoms in total. The maximum atomic E-state index is 5.54. The number of hydrogen-bond acceptors (Lipinski definition) is 9. The summed E-state index contributed by atoms with van der Waals surface area (Å²) >= 11 is 0. The van der Waals surface area contributed by atoms with Crippen LogP contribution >= 0.6 is 0 Å². The third-order valence-corrected chi connectivity index (χ3v) is 7.47. The monoisotopic (exact) mass is 654 g/mol. The fourth-order valence-corrected chi connectivity index (χ4v) is 5.16. The highest BCUT2D eigenvalue weighted by Gasteiger charge is 2.14. The van der Waals surface area contributed by atoms with Gasteiger partial charge in [0.2, 0.25) is 17.2 Å². The third kappa shape index (κ3) is 8.17. The van der Waals surface area contributed by atoms with Crippen molar-refractivity contribution in [2.75, 3.05) is 64.0 Å². The quantitative estimate of drug-likeness (QED) is 0.118. The first-order valence-corrected chi connectivity index (χ1v) is 14.9. The molecule has 9 heteroatoms. The Kier molecular flexibility index (Phi) is 12.3. The fraction of sp³-hybridized carbons (Fsp3) is 0.231. The average Bonchev–Trinajstić information content (AvgIpc) is 3.13. The molecule has 0 aliphatic carbocycles. The van der Waals surface area contributed by atoms with Crippen LogP contribution in [0.4, 0.5) is 0 Å². The second kappa shape index (κ2) is 16.7. The molecule has 4 rings (SSSR count). The number of rotatable bonds is 15. The van der Waals surface area contributed by atoms with Crippen molar-refractivity contribution in [3.63, 3.8) is 0 Å². The molecule has 0 saturated carbocycles. The Bertz CT molecular complexity index is 1510. The topological polar surface area (TPSA) is 83.1 Å². The lowest BCUT2D eigenvalue weighted by molar-refractivity contribution is 0.324. The van der Waals surface area contributed by atoms with E-state index < -0.39 is 0 Å². The van der Waals surface area contributed by atoms with Crippen LogP contribution in [-0.4, -0.2) is 64.0 Å². The summed E-state index contributed by atoms with van der Waals surface area (Å²) in [6, 6.07) is 17.7. The smallest absolute Gasteiger partial charge is 0.203 e. The van der Waals surface area contributed by atoms with Gasteiger partial charge in [-0.05, 0) is 88.0 Å². The van der Waals surface area contributed by atoms with Crippen LogP contribution < -0.4 is 42.6 Å². The molecule has 0 aliphatic rings. The minimum Gasteiger partial charge on any atom is -0.493 e. The summed E-state index contributed by atoms with van der Waals surface area (Å²) in [5.41, 5.74) is 5.58. The summed E-state index contributed by atoms with van der Waals surface area (Å²) in [5, 5.41) is 0. The van der Waals surface area contributed by atoms with Gasteiger partial charge in [-0.1, -0.05) is 36.5 Å². The van der Waals surface area contributed by atoms with Gasteiger partial charge in [-0.25, -0.2) is 0 Å². The molecule has 252 valence electrons. The van der Waals surface area contributed by atoms with Crippen LogP contribution in [0.25, 0.3) is 36.5 Å². The van der Waals surface area contributed by atoms with Crippen molar-refractivity contribution in [1.82, 2.24) is 0 Å².